The molecule has 2 aromatic rings. The second-order valence-corrected chi connectivity index (χ2v) is 6.87. The first-order chi connectivity index (χ1) is 11.5. The largest absolute Gasteiger partial charge is 0.339 e. The standard InChI is InChI=1S/C18H19FN2O2S/c1-12-3-4-14(9-16(12)19)15-10-17(24-11-15)18(23)21-7-5-20(6-8-21)13(2)22/h3-4,9-11H,5-8H2,1-2H3. The molecule has 0 N–H and O–H groups in total. The van der Waals surface area contributed by atoms with Crippen molar-refractivity contribution in [2.45, 2.75) is 13.8 Å². The summed E-state index contributed by atoms with van der Waals surface area (Å²) in [6.07, 6.45) is 0. The third-order valence-corrected chi connectivity index (χ3v) is 5.25. The van der Waals surface area contributed by atoms with Crippen LogP contribution < -0.4 is 0 Å². The van der Waals surface area contributed by atoms with E-state index in [4.69, 9.17) is 0 Å². The van der Waals surface area contributed by atoms with Crippen molar-refractivity contribution in [3.05, 3.63) is 45.9 Å². The van der Waals surface area contributed by atoms with Crippen molar-refractivity contribution in [2.75, 3.05) is 26.2 Å². The van der Waals surface area contributed by atoms with Gasteiger partial charge in [-0.2, -0.15) is 0 Å². The van der Waals surface area contributed by atoms with E-state index in [9.17, 15) is 14.0 Å². The Labute approximate surface area is 144 Å². The molecule has 6 heteroatoms. The van der Waals surface area contributed by atoms with Gasteiger partial charge in [-0.1, -0.05) is 12.1 Å². The third-order valence-electron chi connectivity index (χ3n) is 4.33. The zero-order valence-electron chi connectivity index (χ0n) is 13.7. The number of nitrogens with zero attached hydrogens (tertiary/aromatic N) is 2. The quantitative estimate of drug-likeness (QED) is 0.838. The molecule has 4 nitrogen and oxygen atoms in total. The highest BCUT2D eigenvalue weighted by Gasteiger charge is 2.24. The Balaban J connectivity index is 1.72. The number of hydrogen-bond acceptors (Lipinski definition) is 3. The number of carbonyl (C=O) groups is 2. The predicted octanol–water partition coefficient (Wildman–Crippen LogP) is 3.17. The van der Waals surface area contributed by atoms with Crippen LogP contribution in [-0.4, -0.2) is 47.8 Å². The lowest BCUT2D eigenvalue weighted by Gasteiger charge is -2.33. The van der Waals surface area contributed by atoms with E-state index in [2.05, 4.69) is 0 Å². The number of rotatable bonds is 2. The van der Waals surface area contributed by atoms with Crippen LogP contribution >= 0.6 is 11.3 Å². The van der Waals surface area contributed by atoms with Crippen LogP contribution in [0, 0.1) is 12.7 Å². The number of piperazine rings is 1. The Morgan fingerprint density at radius 1 is 1.04 bits per heavy atom. The summed E-state index contributed by atoms with van der Waals surface area (Å²) in [7, 11) is 0. The highest BCUT2D eigenvalue weighted by Crippen LogP contribution is 2.28. The fourth-order valence-electron chi connectivity index (χ4n) is 2.75. The minimum Gasteiger partial charge on any atom is -0.339 e. The van der Waals surface area contributed by atoms with Gasteiger partial charge >= 0.3 is 0 Å². The molecule has 2 amide bonds. The molecule has 0 saturated carbocycles. The van der Waals surface area contributed by atoms with Crippen LogP contribution in [0.1, 0.15) is 22.2 Å². The molecule has 0 aliphatic carbocycles. The van der Waals surface area contributed by atoms with E-state index in [1.165, 1.54) is 17.4 Å². The van der Waals surface area contributed by atoms with Gasteiger partial charge in [0.25, 0.3) is 5.91 Å². The Morgan fingerprint density at radius 3 is 2.33 bits per heavy atom. The first kappa shape index (κ1) is 16.6. The number of aryl methyl sites for hydroxylation is 1. The van der Waals surface area contributed by atoms with Gasteiger partial charge in [-0.15, -0.1) is 11.3 Å². The van der Waals surface area contributed by atoms with Crippen LogP contribution in [0.15, 0.2) is 29.6 Å². The van der Waals surface area contributed by atoms with Crippen LogP contribution in [0.25, 0.3) is 11.1 Å². The molecule has 1 aromatic carbocycles. The summed E-state index contributed by atoms with van der Waals surface area (Å²) < 4.78 is 13.7. The van der Waals surface area contributed by atoms with Gasteiger partial charge in [0.1, 0.15) is 5.82 Å². The Kier molecular flexibility index (Phi) is 4.66. The zero-order valence-corrected chi connectivity index (χ0v) is 14.5. The Hall–Kier alpha value is -2.21. The molecule has 1 aliphatic heterocycles. The molecule has 3 rings (SSSR count). The van der Waals surface area contributed by atoms with Gasteiger partial charge in [-0.25, -0.2) is 4.39 Å². The molecule has 1 fully saturated rings. The normalized spacial score (nSPS) is 14.8. The van der Waals surface area contributed by atoms with Gasteiger partial charge in [-0.3, -0.25) is 9.59 Å². The average molecular weight is 346 g/mol. The van der Waals surface area contributed by atoms with E-state index in [1.54, 1.807) is 29.7 Å². The second kappa shape index (κ2) is 6.73. The van der Waals surface area contributed by atoms with Gasteiger partial charge in [-0.05, 0) is 41.1 Å². The maximum atomic E-state index is 13.7. The maximum Gasteiger partial charge on any atom is 0.264 e. The summed E-state index contributed by atoms with van der Waals surface area (Å²) in [5.41, 5.74) is 2.23. The van der Waals surface area contributed by atoms with E-state index in [0.717, 1.165) is 11.1 Å². The van der Waals surface area contributed by atoms with Crippen LogP contribution in [0.2, 0.25) is 0 Å². The molecular formula is C18H19FN2O2S. The third kappa shape index (κ3) is 3.33. The molecule has 126 valence electrons. The number of halogens is 1. The molecule has 1 saturated heterocycles. The van der Waals surface area contributed by atoms with Crippen molar-refractivity contribution in [2.24, 2.45) is 0 Å². The van der Waals surface area contributed by atoms with Crippen LogP contribution in [0.5, 0.6) is 0 Å². The number of carbonyl (C=O) groups excluding carboxylic acids is 2. The maximum absolute atomic E-state index is 13.7. The fraction of sp³-hybridized carbons (Fsp3) is 0.333. The van der Waals surface area contributed by atoms with Gasteiger partial charge in [0.2, 0.25) is 5.91 Å². The van der Waals surface area contributed by atoms with E-state index in [0.29, 0.717) is 36.6 Å². The molecule has 0 unspecified atom stereocenters. The Morgan fingerprint density at radius 2 is 1.71 bits per heavy atom. The smallest absolute Gasteiger partial charge is 0.264 e. The SMILES string of the molecule is CC(=O)N1CCN(C(=O)c2cc(-c3ccc(C)c(F)c3)cs2)CC1. The summed E-state index contributed by atoms with van der Waals surface area (Å²) in [4.78, 5) is 28.1. The lowest BCUT2D eigenvalue weighted by molar-refractivity contribution is -0.130. The number of hydrogen-bond donors (Lipinski definition) is 0. The lowest BCUT2D eigenvalue weighted by Crippen LogP contribution is -2.49. The monoisotopic (exact) mass is 346 g/mol. The minimum atomic E-state index is -0.244. The van der Waals surface area contributed by atoms with Crippen LogP contribution in [0.3, 0.4) is 0 Å². The molecule has 0 bridgehead atoms. The average Bonchev–Trinajstić information content (AvgIpc) is 3.07. The van der Waals surface area contributed by atoms with E-state index >= 15 is 0 Å². The predicted molar refractivity (Wildman–Crippen MR) is 92.6 cm³/mol. The van der Waals surface area contributed by atoms with Crippen molar-refractivity contribution >= 4 is 23.2 Å². The zero-order chi connectivity index (χ0) is 17.3. The van der Waals surface area contributed by atoms with Crippen molar-refractivity contribution < 1.29 is 14.0 Å². The van der Waals surface area contributed by atoms with Crippen LogP contribution in [0.4, 0.5) is 4.39 Å². The molecule has 1 aromatic heterocycles. The van der Waals surface area contributed by atoms with Gasteiger partial charge < -0.3 is 9.80 Å². The molecular weight excluding hydrogens is 327 g/mol. The summed E-state index contributed by atoms with van der Waals surface area (Å²) >= 11 is 1.37. The summed E-state index contributed by atoms with van der Waals surface area (Å²) in [6.45, 7) is 5.51. The number of amides is 2. The van der Waals surface area contributed by atoms with Crippen molar-refractivity contribution in [1.82, 2.24) is 9.80 Å². The Bertz CT molecular complexity index is 779. The van der Waals surface area contributed by atoms with Gasteiger partial charge in [0, 0.05) is 33.1 Å². The van der Waals surface area contributed by atoms with Crippen LogP contribution in [-0.2, 0) is 4.79 Å². The molecule has 24 heavy (non-hydrogen) atoms. The van der Waals surface area contributed by atoms with Gasteiger partial charge in [0.05, 0.1) is 4.88 Å². The van der Waals surface area contributed by atoms with Gasteiger partial charge in [0.15, 0.2) is 0 Å². The van der Waals surface area contributed by atoms with E-state index < -0.39 is 0 Å². The summed E-state index contributed by atoms with van der Waals surface area (Å²) in [5.74, 6) is -0.226. The first-order valence-electron chi connectivity index (χ1n) is 7.85. The molecule has 0 spiro atoms. The highest BCUT2D eigenvalue weighted by molar-refractivity contribution is 7.12. The highest BCUT2D eigenvalue weighted by atomic mass is 32.1. The molecule has 0 radical (unpaired) electrons. The molecule has 0 atom stereocenters. The van der Waals surface area contributed by atoms with Crippen molar-refractivity contribution in [1.29, 1.82) is 0 Å². The number of thiophene rings is 1. The molecule has 2 heterocycles. The fourth-order valence-corrected chi connectivity index (χ4v) is 3.64. The minimum absolute atomic E-state index is 0.0259. The van der Waals surface area contributed by atoms with Crippen molar-refractivity contribution in [3.63, 3.8) is 0 Å². The first-order valence-corrected chi connectivity index (χ1v) is 8.73. The molecule has 1 aliphatic rings. The lowest BCUT2D eigenvalue weighted by atomic mass is 10.1. The van der Waals surface area contributed by atoms with Crippen molar-refractivity contribution in [3.8, 4) is 11.1 Å². The topological polar surface area (TPSA) is 40.6 Å². The van der Waals surface area contributed by atoms with E-state index in [-0.39, 0.29) is 17.6 Å². The summed E-state index contributed by atoms with van der Waals surface area (Å²) in [5, 5.41) is 1.88. The second-order valence-electron chi connectivity index (χ2n) is 5.96. The summed E-state index contributed by atoms with van der Waals surface area (Å²) in [6, 6.07) is 6.91. The number of benzene rings is 1. The van der Waals surface area contributed by atoms with E-state index in [1.807, 2.05) is 17.5 Å².